The van der Waals surface area contributed by atoms with Gasteiger partial charge in [-0.2, -0.15) is 0 Å². The van der Waals surface area contributed by atoms with E-state index in [1.807, 2.05) is 26.0 Å². The molecule has 2 aromatic carbocycles. The average molecular weight is 381 g/mol. The molecule has 2 aromatic rings. The van der Waals surface area contributed by atoms with Crippen molar-refractivity contribution in [1.29, 1.82) is 0 Å². The van der Waals surface area contributed by atoms with E-state index in [0.717, 1.165) is 5.56 Å². The van der Waals surface area contributed by atoms with Crippen LogP contribution in [0.1, 0.15) is 31.7 Å². The highest BCUT2D eigenvalue weighted by molar-refractivity contribution is 6.00. The van der Waals surface area contributed by atoms with E-state index in [0.29, 0.717) is 17.1 Å². The van der Waals surface area contributed by atoms with Gasteiger partial charge in [-0.05, 0) is 49.7 Å². The Hall–Kier alpha value is -3.35. The molecule has 0 saturated carbocycles. The molecule has 2 N–H and O–H groups in total. The molecule has 0 radical (unpaired) electrons. The molecule has 3 rings (SSSR count). The lowest BCUT2D eigenvalue weighted by molar-refractivity contribution is -0.138. The predicted octanol–water partition coefficient (Wildman–Crippen LogP) is 3.27. The lowest BCUT2D eigenvalue weighted by Gasteiger charge is -2.24. The minimum absolute atomic E-state index is 0.0331. The van der Waals surface area contributed by atoms with Crippen LogP contribution in [-0.2, 0) is 9.59 Å². The number of carbonyl (C=O) groups is 3. The summed E-state index contributed by atoms with van der Waals surface area (Å²) in [7, 11) is 1.66. The number of hydrogen-bond acceptors (Lipinski definition) is 4. The van der Waals surface area contributed by atoms with Gasteiger partial charge in [0.1, 0.15) is 5.75 Å². The molecule has 1 atom stereocenters. The maximum Gasteiger partial charge on any atom is 0.321 e. The van der Waals surface area contributed by atoms with Crippen molar-refractivity contribution in [3.05, 3.63) is 54.1 Å². The zero-order valence-electron chi connectivity index (χ0n) is 16.1. The van der Waals surface area contributed by atoms with Gasteiger partial charge in [0.25, 0.3) is 0 Å². The summed E-state index contributed by atoms with van der Waals surface area (Å²) in [5.74, 6) is -0.992. The smallest absolute Gasteiger partial charge is 0.321 e. The standard InChI is InChI=1S/C21H23N3O4/c1-13(2)22-21(27)24(3)14-8-10-15(11-9-14)28-20(26)17-12-19(25)23-18-7-5-4-6-16(17)18/h4-11,13,17H,12H2,1-3H3,(H,22,27)(H,23,25). The Kier molecular flexibility index (Phi) is 5.63. The second-order valence-electron chi connectivity index (χ2n) is 6.97. The van der Waals surface area contributed by atoms with Crippen molar-refractivity contribution < 1.29 is 19.1 Å². The van der Waals surface area contributed by atoms with Gasteiger partial charge < -0.3 is 15.4 Å². The van der Waals surface area contributed by atoms with Crippen molar-refractivity contribution in [2.75, 3.05) is 17.3 Å². The number of benzene rings is 2. The number of urea groups is 1. The third-order valence-corrected chi connectivity index (χ3v) is 4.44. The van der Waals surface area contributed by atoms with Crippen molar-refractivity contribution in [2.45, 2.75) is 32.2 Å². The lowest BCUT2D eigenvalue weighted by atomic mass is 9.91. The molecule has 1 aliphatic heterocycles. The number of carbonyl (C=O) groups excluding carboxylic acids is 3. The van der Waals surface area contributed by atoms with Gasteiger partial charge in [-0.3, -0.25) is 14.5 Å². The number of nitrogens with zero attached hydrogens (tertiary/aromatic N) is 1. The number of fused-ring (bicyclic) bond motifs is 1. The van der Waals surface area contributed by atoms with E-state index in [9.17, 15) is 14.4 Å². The Balaban J connectivity index is 1.70. The molecule has 0 aromatic heterocycles. The first kappa shape index (κ1) is 19.4. The van der Waals surface area contributed by atoms with Gasteiger partial charge >= 0.3 is 12.0 Å². The fraction of sp³-hybridized carbons (Fsp3) is 0.286. The van der Waals surface area contributed by atoms with E-state index >= 15 is 0 Å². The van der Waals surface area contributed by atoms with Crippen molar-refractivity contribution in [3.8, 4) is 5.75 Å². The summed E-state index contributed by atoms with van der Waals surface area (Å²) in [6, 6.07) is 13.7. The second-order valence-corrected chi connectivity index (χ2v) is 6.97. The number of anilines is 2. The molecule has 7 heteroatoms. The van der Waals surface area contributed by atoms with Crippen LogP contribution in [0, 0.1) is 0 Å². The first-order valence-corrected chi connectivity index (χ1v) is 9.10. The molecular formula is C21H23N3O4. The van der Waals surface area contributed by atoms with Crippen LogP contribution in [0.3, 0.4) is 0 Å². The van der Waals surface area contributed by atoms with E-state index in [4.69, 9.17) is 4.74 Å². The lowest BCUT2D eigenvalue weighted by Crippen LogP contribution is -2.40. The van der Waals surface area contributed by atoms with Gasteiger partial charge in [-0.25, -0.2) is 4.79 Å². The summed E-state index contributed by atoms with van der Waals surface area (Å²) in [5.41, 5.74) is 2.04. The van der Waals surface area contributed by atoms with Crippen LogP contribution >= 0.6 is 0 Å². The fourth-order valence-electron chi connectivity index (χ4n) is 3.01. The topological polar surface area (TPSA) is 87.7 Å². The van der Waals surface area contributed by atoms with Crippen molar-refractivity contribution in [2.24, 2.45) is 0 Å². The molecule has 1 unspecified atom stereocenters. The molecule has 1 aliphatic rings. The fourth-order valence-corrected chi connectivity index (χ4v) is 3.01. The van der Waals surface area contributed by atoms with Gasteiger partial charge in [-0.1, -0.05) is 18.2 Å². The molecule has 1 heterocycles. The summed E-state index contributed by atoms with van der Waals surface area (Å²) in [6.45, 7) is 3.77. The molecule has 28 heavy (non-hydrogen) atoms. The predicted molar refractivity (Wildman–Crippen MR) is 107 cm³/mol. The number of amides is 3. The summed E-state index contributed by atoms with van der Waals surface area (Å²) in [4.78, 5) is 38.1. The number of esters is 1. The van der Waals surface area contributed by atoms with Crippen LogP contribution in [0.4, 0.5) is 16.2 Å². The van der Waals surface area contributed by atoms with Crippen LogP contribution in [-0.4, -0.2) is 31.0 Å². The highest BCUT2D eigenvalue weighted by Gasteiger charge is 2.32. The van der Waals surface area contributed by atoms with E-state index in [2.05, 4.69) is 10.6 Å². The van der Waals surface area contributed by atoms with E-state index in [1.165, 1.54) is 4.90 Å². The minimum Gasteiger partial charge on any atom is -0.426 e. The quantitative estimate of drug-likeness (QED) is 0.628. The Morgan fingerprint density at radius 2 is 1.82 bits per heavy atom. The highest BCUT2D eigenvalue weighted by atomic mass is 16.5. The van der Waals surface area contributed by atoms with Crippen molar-refractivity contribution >= 4 is 29.3 Å². The van der Waals surface area contributed by atoms with Crippen LogP contribution < -0.4 is 20.3 Å². The maximum absolute atomic E-state index is 12.6. The Morgan fingerprint density at radius 3 is 2.50 bits per heavy atom. The summed E-state index contributed by atoms with van der Waals surface area (Å²) >= 11 is 0. The molecule has 0 bridgehead atoms. The van der Waals surface area contributed by atoms with Crippen LogP contribution in [0.5, 0.6) is 5.75 Å². The second kappa shape index (κ2) is 8.12. The Labute approximate surface area is 163 Å². The van der Waals surface area contributed by atoms with E-state index in [-0.39, 0.29) is 24.4 Å². The Bertz CT molecular complexity index is 893. The van der Waals surface area contributed by atoms with Gasteiger partial charge in [0.05, 0.1) is 5.92 Å². The van der Waals surface area contributed by atoms with Gasteiger partial charge in [0, 0.05) is 30.9 Å². The SMILES string of the molecule is CC(C)NC(=O)N(C)c1ccc(OC(=O)C2CC(=O)Nc3ccccc32)cc1. The maximum atomic E-state index is 12.6. The first-order valence-electron chi connectivity index (χ1n) is 9.10. The molecule has 3 amide bonds. The molecule has 0 fully saturated rings. The number of nitrogens with one attached hydrogen (secondary N) is 2. The van der Waals surface area contributed by atoms with Gasteiger partial charge in [0.2, 0.25) is 5.91 Å². The highest BCUT2D eigenvalue weighted by Crippen LogP contribution is 2.33. The minimum atomic E-state index is -0.649. The first-order chi connectivity index (χ1) is 13.3. The third-order valence-electron chi connectivity index (χ3n) is 4.44. The summed E-state index contributed by atoms with van der Waals surface area (Å²) in [6.07, 6.45) is 0.0477. The normalized spacial score (nSPS) is 15.4. The molecule has 0 spiro atoms. The van der Waals surface area contributed by atoms with E-state index < -0.39 is 11.9 Å². The summed E-state index contributed by atoms with van der Waals surface area (Å²) in [5, 5.41) is 5.57. The zero-order valence-corrected chi connectivity index (χ0v) is 16.1. The summed E-state index contributed by atoms with van der Waals surface area (Å²) < 4.78 is 5.48. The number of rotatable bonds is 4. The van der Waals surface area contributed by atoms with E-state index in [1.54, 1.807) is 43.4 Å². The van der Waals surface area contributed by atoms with Crippen molar-refractivity contribution in [1.82, 2.24) is 5.32 Å². The monoisotopic (exact) mass is 381 g/mol. The molecule has 7 nitrogen and oxygen atoms in total. The van der Waals surface area contributed by atoms with Crippen molar-refractivity contribution in [3.63, 3.8) is 0 Å². The average Bonchev–Trinajstić information content (AvgIpc) is 2.66. The molecule has 0 aliphatic carbocycles. The molecular weight excluding hydrogens is 358 g/mol. The molecule has 146 valence electrons. The molecule has 0 saturated heterocycles. The third kappa shape index (κ3) is 4.31. The van der Waals surface area contributed by atoms with Gasteiger partial charge in [-0.15, -0.1) is 0 Å². The van der Waals surface area contributed by atoms with Gasteiger partial charge in [0.15, 0.2) is 0 Å². The largest absolute Gasteiger partial charge is 0.426 e. The van der Waals surface area contributed by atoms with Crippen LogP contribution in [0.2, 0.25) is 0 Å². The van der Waals surface area contributed by atoms with Crippen LogP contribution in [0.25, 0.3) is 0 Å². The van der Waals surface area contributed by atoms with Crippen LogP contribution in [0.15, 0.2) is 48.5 Å². The number of hydrogen-bond donors (Lipinski definition) is 2. The Morgan fingerprint density at radius 1 is 1.14 bits per heavy atom. The number of para-hydroxylation sites is 1. The zero-order chi connectivity index (χ0) is 20.3. The number of ether oxygens (including phenoxy) is 1.